The van der Waals surface area contributed by atoms with Gasteiger partial charge in [-0.3, -0.25) is 4.68 Å². The summed E-state index contributed by atoms with van der Waals surface area (Å²) in [6, 6.07) is 0.601. The molecular weight excluding hydrogens is 198 g/mol. The lowest BCUT2D eigenvalue weighted by Crippen LogP contribution is -2.23. The Morgan fingerprint density at radius 2 is 2.12 bits per heavy atom. The van der Waals surface area contributed by atoms with E-state index in [1.54, 1.807) is 0 Å². The SMILES string of the molecule is CCc1nn(C)cc1CCCCNC(C)C. The maximum Gasteiger partial charge on any atom is 0.0653 e. The van der Waals surface area contributed by atoms with Crippen molar-refractivity contribution in [3.8, 4) is 0 Å². The molecule has 1 aromatic heterocycles. The molecule has 0 aliphatic rings. The largest absolute Gasteiger partial charge is 0.315 e. The third-order valence-electron chi connectivity index (χ3n) is 2.75. The molecule has 1 N–H and O–H groups in total. The molecule has 0 spiro atoms. The van der Waals surface area contributed by atoms with Crippen molar-refractivity contribution in [2.24, 2.45) is 7.05 Å². The number of unbranched alkanes of at least 4 members (excludes halogenated alkanes) is 1. The number of hydrogen-bond donors (Lipinski definition) is 1. The minimum absolute atomic E-state index is 0.601. The van der Waals surface area contributed by atoms with Crippen LogP contribution in [-0.2, 0) is 19.9 Å². The molecule has 0 bridgehead atoms. The van der Waals surface area contributed by atoms with Gasteiger partial charge in [0.15, 0.2) is 0 Å². The number of hydrogen-bond acceptors (Lipinski definition) is 2. The van der Waals surface area contributed by atoms with Crippen LogP contribution in [-0.4, -0.2) is 22.4 Å². The highest BCUT2D eigenvalue weighted by Gasteiger charge is 2.04. The average Bonchev–Trinajstić information content (AvgIpc) is 2.58. The van der Waals surface area contributed by atoms with Gasteiger partial charge in [-0.05, 0) is 37.8 Å². The molecule has 0 atom stereocenters. The summed E-state index contributed by atoms with van der Waals surface area (Å²) < 4.78 is 1.93. The third kappa shape index (κ3) is 4.35. The van der Waals surface area contributed by atoms with E-state index in [0.29, 0.717) is 6.04 Å². The van der Waals surface area contributed by atoms with Crippen molar-refractivity contribution in [3.63, 3.8) is 0 Å². The zero-order valence-corrected chi connectivity index (χ0v) is 11.1. The van der Waals surface area contributed by atoms with Crippen LogP contribution in [0.3, 0.4) is 0 Å². The number of aryl methyl sites for hydroxylation is 3. The van der Waals surface area contributed by atoms with Crippen LogP contribution >= 0.6 is 0 Å². The molecule has 0 fully saturated rings. The predicted molar refractivity (Wildman–Crippen MR) is 68.7 cm³/mol. The van der Waals surface area contributed by atoms with Crippen LogP contribution in [0.25, 0.3) is 0 Å². The van der Waals surface area contributed by atoms with Crippen LogP contribution in [0.4, 0.5) is 0 Å². The Morgan fingerprint density at radius 3 is 2.75 bits per heavy atom. The van der Waals surface area contributed by atoms with Gasteiger partial charge in [-0.15, -0.1) is 0 Å². The third-order valence-corrected chi connectivity index (χ3v) is 2.75. The molecule has 0 saturated carbocycles. The maximum absolute atomic E-state index is 4.46. The maximum atomic E-state index is 4.46. The summed E-state index contributed by atoms with van der Waals surface area (Å²) in [7, 11) is 2.00. The molecule has 0 radical (unpaired) electrons. The van der Waals surface area contributed by atoms with Crippen LogP contribution in [0.1, 0.15) is 44.9 Å². The summed E-state index contributed by atoms with van der Waals surface area (Å²) in [5.41, 5.74) is 2.69. The zero-order valence-electron chi connectivity index (χ0n) is 11.1. The summed E-state index contributed by atoms with van der Waals surface area (Å²) in [4.78, 5) is 0. The van der Waals surface area contributed by atoms with E-state index >= 15 is 0 Å². The molecule has 0 aliphatic heterocycles. The van der Waals surface area contributed by atoms with Crippen LogP contribution in [0, 0.1) is 0 Å². The van der Waals surface area contributed by atoms with Gasteiger partial charge in [-0.2, -0.15) is 5.10 Å². The van der Waals surface area contributed by atoms with E-state index in [4.69, 9.17) is 0 Å². The fourth-order valence-electron chi connectivity index (χ4n) is 1.92. The van der Waals surface area contributed by atoms with Gasteiger partial charge in [-0.25, -0.2) is 0 Å². The van der Waals surface area contributed by atoms with Gasteiger partial charge >= 0.3 is 0 Å². The van der Waals surface area contributed by atoms with Gasteiger partial charge in [-0.1, -0.05) is 20.8 Å². The van der Waals surface area contributed by atoms with Crippen LogP contribution in [0.15, 0.2) is 6.20 Å². The molecule has 0 unspecified atom stereocenters. The molecule has 3 nitrogen and oxygen atoms in total. The van der Waals surface area contributed by atoms with Crippen molar-refractivity contribution in [3.05, 3.63) is 17.5 Å². The van der Waals surface area contributed by atoms with Gasteiger partial charge in [0, 0.05) is 19.3 Å². The lowest BCUT2D eigenvalue weighted by molar-refractivity contribution is 0.557. The number of nitrogens with zero attached hydrogens (tertiary/aromatic N) is 2. The summed E-state index contributed by atoms with van der Waals surface area (Å²) in [5.74, 6) is 0. The van der Waals surface area contributed by atoms with Gasteiger partial charge in [0.2, 0.25) is 0 Å². The first kappa shape index (κ1) is 13.2. The Bertz CT molecular complexity index is 302. The Balaban J connectivity index is 2.26. The lowest BCUT2D eigenvalue weighted by atomic mass is 10.1. The number of rotatable bonds is 7. The van der Waals surface area contributed by atoms with Gasteiger partial charge in [0.05, 0.1) is 5.69 Å². The molecule has 0 aromatic carbocycles. The highest BCUT2D eigenvalue weighted by molar-refractivity contribution is 5.16. The van der Waals surface area contributed by atoms with Crippen LogP contribution in [0.5, 0.6) is 0 Å². The van der Waals surface area contributed by atoms with Crippen molar-refractivity contribution in [2.75, 3.05) is 6.54 Å². The normalized spacial score (nSPS) is 11.3. The number of aromatic nitrogens is 2. The molecular formula is C13H25N3. The molecule has 92 valence electrons. The van der Waals surface area contributed by atoms with Crippen molar-refractivity contribution in [1.82, 2.24) is 15.1 Å². The quantitative estimate of drug-likeness (QED) is 0.719. The van der Waals surface area contributed by atoms with Crippen LogP contribution in [0.2, 0.25) is 0 Å². The van der Waals surface area contributed by atoms with Crippen LogP contribution < -0.4 is 5.32 Å². The first-order chi connectivity index (χ1) is 7.63. The van der Waals surface area contributed by atoms with E-state index in [1.165, 1.54) is 24.1 Å². The van der Waals surface area contributed by atoms with Crippen molar-refractivity contribution >= 4 is 0 Å². The van der Waals surface area contributed by atoms with E-state index in [9.17, 15) is 0 Å². The Kier molecular flexibility index (Phi) is 5.53. The summed E-state index contributed by atoms with van der Waals surface area (Å²) in [6.45, 7) is 7.68. The van der Waals surface area contributed by atoms with Crippen molar-refractivity contribution in [2.45, 2.75) is 52.5 Å². The second kappa shape index (κ2) is 6.69. The Morgan fingerprint density at radius 1 is 1.38 bits per heavy atom. The second-order valence-electron chi connectivity index (χ2n) is 4.69. The van der Waals surface area contributed by atoms with Crippen molar-refractivity contribution in [1.29, 1.82) is 0 Å². The van der Waals surface area contributed by atoms with E-state index in [1.807, 2.05) is 11.7 Å². The monoisotopic (exact) mass is 223 g/mol. The van der Waals surface area contributed by atoms with Gasteiger partial charge < -0.3 is 5.32 Å². The van der Waals surface area contributed by atoms with E-state index < -0.39 is 0 Å². The van der Waals surface area contributed by atoms with E-state index in [0.717, 1.165) is 19.4 Å². The highest BCUT2D eigenvalue weighted by Crippen LogP contribution is 2.10. The summed E-state index contributed by atoms with van der Waals surface area (Å²) in [6.07, 6.45) is 6.86. The topological polar surface area (TPSA) is 29.9 Å². The van der Waals surface area contributed by atoms with Gasteiger partial charge in [0.1, 0.15) is 0 Å². The standard InChI is InChI=1S/C13H25N3/c1-5-13-12(10-16(4)15-13)8-6-7-9-14-11(2)3/h10-11,14H,5-9H2,1-4H3. The number of nitrogens with one attached hydrogen (secondary N) is 1. The van der Waals surface area contributed by atoms with Gasteiger partial charge in [0.25, 0.3) is 0 Å². The first-order valence-corrected chi connectivity index (χ1v) is 6.38. The zero-order chi connectivity index (χ0) is 12.0. The molecule has 0 aliphatic carbocycles. The Hall–Kier alpha value is -0.830. The molecule has 1 rings (SSSR count). The molecule has 3 heteroatoms. The van der Waals surface area contributed by atoms with E-state index in [-0.39, 0.29) is 0 Å². The fraction of sp³-hybridized carbons (Fsp3) is 0.769. The minimum Gasteiger partial charge on any atom is -0.315 e. The Labute approximate surface area is 99.2 Å². The lowest BCUT2D eigenvalue weighted by Gasteiger charge is -2.07. The molecule has 0 saturated heterocycles. The smallest absolute Gasteiger partial charge is 0.0653 e. The molecule has 16 heavy (non-hydrogen) atoms. The predicted octanol–water partition coefficient (Wildman–Crippen LogP) is 2.30. The minimum atomic E-state index is 0.601. The summed E-state index contributed by atoms with van der Waals surface area (Å²) in [5, 5.41) is 7.90. The molecule has 0 amide bonds. The first-order valence-electron chi connectivity index (χ1n) is 6.38. The molecule has 1 heterocycles. The average molecular weight is 223 g/mol. The highest BCUT2D eigenvalue weighted by atomic mass is 15.2. The fourth-order valence-corrected chi connectivity index (χ4v) is 1.92. The van der Waals surface area contributed by atoms with E-state index in [2.05, 4.69) is 37.4 Å². The molecule has 1 aromatic rings. The van der Waals surface area contributed by atoms with Crippen molar-refractivity contribution < 1.29 is 0 Å². The summed E-state index contributed by atoms with van der Waals surface area (Å²) >= 11 is 0. The second-order valence-corrected chi connectivity index (χ2v) is 4.69.